The third-order valence-corrected chi connectivity index (χ3v) is 3.29. The topological polar surface area (TPSA) is 57.2 Å². The fourth-order valence-electron chi connectivity index (χ4n) is 2.09. The molecule has 21 heavy (non-hydrogen) atoms. The van der Waals surface area contributed by atoms with Crippen molar-refractivity contribution in [1.29, 1.82) is 0 Å². The first-order valence-electron chi connectivity index (χ1n) is 6.88. The summed E-state index contributed by atoms with van der Waals surface area (Å²) in [6, 6.07) is 10.6. The first-order chi connectivity index (χ1) is 10.1. The van der Waals surface area contributed by atoms with Crippen LogP contribution in [0.4, 0.5) is 0 Å². The van der Waals surface area contributed by atoms with Gasteiger partial charge in [0.25, 0.3) is 5.56 Å². The second-order valence-electron chi connectivity index (χ2n) is 5.01. The summed E-state index contributed by atoms with van der Waals surface area (Å²) in [6.07, 6.45) is 2.44. The zero-order chi connectivity index (χ0) is 15.2. The SMILES string of the molecule is CC(N)Cc1cc(Cl)ccc1OCCn1ccccc1=O. The van der Waals surface area contributed by atoms with Crippen LogP contribution in [0.25, 0.3) is 0 Å². The number of nitrogens with two attached hydrogens (primary N) is 1. The van der Waals surface area contributed by atoms with E-state index in [1.807, 2.05) is 25.1 Å². The summed E-state index contributed by atoms with van der Waals surface area (Å²) in [5, 5.41) is 0.664. The predicted molar refractivity (Wildman–Crippen MR) is 85.0 cm³/mol. The molecule has 0 bridgehead atoms. The fraction of sp³-hybridized carbons (Fsp3) is 0.312. The fourth-order valence-corrected chi connectivity index (χ4v) is 2.29. The van der Waals surface area contributed by atoms with Crippen LogP contribution in [-0.4, -0.2) is 17.2 Å². The summed E-state index contributed by atoms with van der Waals surface area (Å²) in [7, 11) is 0. The summed E-state index contributed by atoms with van der Waals surface area (Å²) in [5.74, 6) is 0.765. The van der Waals surface area contributed by atoms with Gasteiger partial charge in [-0.2, -0.15) is 0 Å². The molecule has 0 spiro atoms. The zero-order valence-electron chi connectivity index (χ0n) is 12.0. The summed E-state index contributed by atoms with van der Waals surface area (Å²) in [4.78, 5) is 11.6. The van der Waals surface area contributed by atoms with Crippen LogP contribution in [0, 0.1) is 0 Å². The van der Waals surface area contributed by atoms with Gasteiger partial charge < -0.3 is 15.0 Å². The van der Waals surface area contributed by atoms with Gasteiger partial charge in [0, 0.05) is 23.3 Å². The number of aromatic nitrogens is 1. The Balaban J connectivity index is 2.03. The van der Waals surface area contributed by atoms with Gasteiger partial charge in [-0.25, -0.2) is 0 Å². The Kier molecular flexibility index (Phi) is 5.42. The van der Waals surface area contributed by atoms with Gasteiger partial charge in [0.1, 0.15) is 12.4 Å². The lowest BCUT2D eigenvalue weighted by molar-refractivity contribution is 0.293. The van der Waals surface area contributed by atoms with Crippen molar-refractivity contribution in [3.05, 3.63) is 63.5 Å². The van der Waals surface area contributed by atoms with E-state index in [1.54, 1.807) is 22.9 Å². The van der Waals surface area contributed by atoms with Gasteiger partial charge in [0.05, 0.1) is 6.54 Å². The molecule has 0 saturated heterocycles. The van der Waals surface area contributed by atoms with E-state index in [1.165, 1.54) is 6.07 Å². The van der Waals surface area contributed by atoms with E-state index in [9.17, 15) is 4.79 Å². The maximum atomic E-state index is 11.6. The molecule has 4 nitrogen and oxygen atoms in total. The van der Waals surface area contributed by atoms with Gasteiger partial charge in [-0.3, -0.25) is 4.79 Å². The maximum absolute atomic E-state index is 11.6. The molecule has 112 valence electrons. The lowest BCUT2D eigenvalue weighted by Crippen LogP contribution is -2.22. The Morgan fingerprint density at radius 3 is 2.86 bits per heavy atom. The van der Waals surface area contributed by atoms with Crippen LogP contribution < -0.4 is 16.0 Å². The van der Waals surface area contributed by atoms with Crippen LogP contribution in [0.15, 0.2) is 47.4 Å². The third kappa shape index (κ3) is 4.62. The van der Waals surface area contributed by atoms with Crippen molar-refractivity contribution in [2.45, 2.75) is 25.9 Å². The van der Waals surface area contributed by atoms with Crippen LogP contribution in [0.5, 0.6) is 5.75 Å². The second kappa shape index (κ2) is 7.29. The van der Waals surface area contributed by atoms with Crippen molar-refractivity contribution in [2.24, 2.45) is 5.73 Å². The summed E-state index contributed by atoms with van der Waals surface area (Å²) in [5.41, 5.74) is 6.79. The smallest absolute Gasteiger partial charge is 0.250 e. The summed E-state index contributed by atoms with van der Waals surface area (Å²) >= 11 is 6.01. The number of rotatable bonds is 6. The molecule has 0 aliphatic carbocycles. The molecule has 5 heteroatoms. The maximum Gasteiger partial charge on any atom is 0.250 e. The van der Waals surface area contributed by atoms with Crippen LogP contribution >= 0.6 is 11.6 Å². The molecule has 1 aromatic carbocycles. The first kappa shape index (κ1) is 15.6. The molecular formula is C16H19ClN2O2. The number of hydrogen-bond donors (Lipinski definition) is 1. The molecule has 0 amide bonds. The summed E-state index contributed by atoms with van der Waals surface area (Å²) in [6.45, 7) is 2.85. The van der Waals surface area contributed by atoms with Gasteiger partial charge >= 0.3 is 0 Å². The van der Waals surface area contributed by atoms with Crippen LogP contribution in [0.1, 0.15) is 12.5 Å². The van der Waals surface area contributed by atoms with Crippen molar-refractivity contribution in [3.63, 3.8) is 0 Å². The normalized spacial score (nSPS) is 12.1. The Hall–Kier alpha value is -1.78. The van der Waals surface area contributed by atoms with Crippen molar-refractivity contribution in [2.75, 3.05) is 6.61 Å². The van der Waals surface area contributed by atoms with E-state index >= 15 is 0 Å². The quantitative estimate of drug-likeness (QED) is 0.892. The molecule has 0 aliphatic heterocycles. The van der Waals surface area contributed by atoms with Crippen molar-refractivity contribution >= 4 is 11.6 Å². The van der Waals surface area contributed by atoms with Gasteiger partial charge in [-0.1, -0.05) is 17.7 Å². The van der Waals surface area contributed by atoms with E-state index < -0.39 is 0 Å². The van der Waals surface area contributed by atoms with Gasteiger partial charge in [0.15, 0.2) is 0 Å². The number of pyridine rings is 1. The molecule has 2 rings (SSSR count). The molecule has 0 saturated carbocycles. The van der Waals surface area contributed by atoms with Gasteiger partial charge in [0.2, 0.25) is 0 Å². The molecule has 1 heterocycles. The molecule has 2 N–H and O–H groups in total. The molecule has 1 unspecified atom stereocenters. The van der Waals surface area contributed by atoms with Gasteiger partial charge in [-0.05, 0) is 43.2 Å². The Morgan fingerprint density at radius 1 is 1.33 bits per heavy atom. The largest absolute Gasteiger partial charge is 0.491 e. The number of hydrogen-bond acceptors (Lipinski definition) is 3. The average molecular weight is 307 g/mol. The highest BCUT2D eigenvalue weighted by molar-refractivity contribution is 6.30. The van der Waals surface area contributed by atoms with Gasteiger partial charge in [-0.15, -0.1) is 0 Å². The van der Waals surface area contributed by atoms with E-state index in [4.69, 9.17) is 22.1 Å². The standard InChI is InChI=1S/C16H19ClN2O2/c1-12(18)10-13-11-14(17)5-6-15(13)21-9-8-19-7-3-2-4-16(19)20/h2-7,11-12H,8-10,18H2,1H3. The second-order valence-corrected chi connectivity index (χ2v) is 5.45. The van der Waals surface area contributed by atoms with Crippen molar-refractivity contribution in [3.8, 4) is 5.75 Å². The number of halogens is 1. The third-order valence-electron chi connectivity index (χ3n) is 3.05. The summed E-state index contributed by atoms with van der Waals surface area (Å²) < 4.78 is 7.39. The zero-order valence-corrected chi connectivity index (χ0v) is 12.7. The Bertz CT molecular complexity index is 653. The molecule has 0 fully saturated rings. The lowest BCUT2D eigenvalue weighted by Gasteiger charge is -2.14. The number of benzene rings is 1. The monoisotopic (exact) mass is 306 g/mol. The van der Waals surface area contributed by atoms with E-state index in [0.29, 0.717) is 24.6 Å². The predicted octanol–water partition coefficient (Wildman–Crippen LogP) is 2.47. The molecule has 2 aromatic rings. The van der Waals surface area contributed by atoms with Crippen LogP contribution in [0.3, 0.4) is 0 Å². The minimum Gasteiger partial charge on any atom is -0.491 e. The minimum absolute atomic E-state index is 0.0301. The van der Waals surface area contributed by atoms with E-state index in [0.717, 1.165) is 11.3 Å². The highest BCUT2D eigenvalue weighted by Crippen LogP contribution is 2.24. The van der Waals surface area contributed by atoms with Crippen molar-refractivity contribution in [1.82, 2.24) is 4.57 Å². The minimum atomic E-state index is -0.0342. The number of ether oxygens (including phenoxy) is 1. The highest BCUT2D eigenvalue weighted by atomic mass is 35.5. The lowest BCUT2D eigenvalue weighted by atomic mass is 10.1. The molecule has 0 radical (unpaired) electrons. The molecule has 0 aliphatic rings. The molecule has 1 atom stereocenters. The van der Waals surface area contributed by atoms with E-state index in [2.05, 4.69) is 0 Å². The van der Waals surface area contributed by atoms with Crippen LogP contribution in [0.2, 0.25) is 5.02 Å². The Labute approximate surface area is 129 Å². The molecular weight excluding hydrogens is 288 g/mol. The first-order valence-corrected chi connectivity index (χ1v) is 7.26. The average Bonchev–Trinajstić information content (AvgIpc) is 2.42. The number of nitrogens with zero attached hydrogens (tertiary/aromatic N) is 1. The Morgan fingerprint density at radius 2 is 2.14 bits per heavy atom. The molecule has 1 aromatic heterocycles. The highest BCUT2D eigenvalue weighted by Gasteiger charge is 2.07. The van der Waals surface area contributed by atoms with E-state index in [-0.39, 0.29) is 11.6 Å². The van der Waals surface area contributed by atoms with Crippen LogP contribution in [-0.2, 0) is 13.0 Å². The van der Waals surface area contributed by atoms with Crippen molar-refractivity contribution < 1.29 is 4.74 Å².